The number of rotatable bonds is 3. The van der Waals surface area contributed by atoms with Gasteiger partial charge in [-0.3, -0.25) is 0 Å². The molecule has 5 heteroatoms. The summed E-state index contributed by atoms with van der Waals surface area (Å²) < 4.78 is 5.18. The Hall–Kier alpha value is -2.35. The molecule has 0 spiro atoms. The molecule has 0 fully saturated rings. The van der Waals surface area contributed by atoms with E-state index in [4.69, 9.17) is 9.78 Å². The third-order valence-electron chi connectivity index (χ3n) is 2.57. The molecule has 1 heterocycles. The summed E-state index contributed by atoms with van der Waals surface area (Å²) >= 11 is 0. The van der Waals surface area contributed by atoms with Gasteiger partial charge in [0.05, 0.1) is 18.2 Å². The minimum atomic E-state index is -0.123. The zero-order valence-electron chi connectivity index (χ0n) is 11.3. The van der Waals surface area contributed by atoms with Gasteiger partial charge in [-0.1, -0.05) is 32.0 Å². The van der Waals surface area contributed by atoms with E-state index in [-0.39, 0.29) is 5.41 Å². The van der Waals surface area contributed by atoms with Crippen LogP contribution < -0.4 is 5.32 Å². The lowest BCUT2D eigenvalue weighted by molar-refractivity contribution is 0.367. The number of hydrogen-bond donors (Lipinski definition) is 1. The molecule has 1 aromatic carbocycles. The van der Waals surface area contributed by atoms with Crippen molar-refractivity contribution in [1.29, 1.82) is 5.26 Å². The van der Waals surface area contributed by atoms with E-state index < -0.39 is 0 Å². The number of aromatic nitrogens is 2. The summed E-state index contributed by atoms with van der Waals surface area (Å²) in [5.74, 6) is 1.22. The second-order valence-corrected chi connectivity index (χ2v) is 5.31. The Morgan fingerprint density at radius 1 is 1.37 bits per heavy atom. The maximum absolute atomic E-state index is 8.82. The van der Waals surface area contributed by atoms with E-state index in [1.54, 1.807) is 12.1 Å². The first-order chi connectivity index (χ1) is 8.99. The van der Waals surface area contributed by atoms with Crippen LogP contribution in [-0.2, 0) is 12.0 Å². The van der Waals surface area contributed by atoms with Gasteiger partial charge in [-0.2, -0.15) is 10.2 Å². The molecule has 0 amide bonds. The number of hydrogen-bond acceptors (Lipinski definition) is 5. The van der Waals surface area contributed by atoms with E-state index in [1.165, 1.54) is 0 Å². The minimum absolute atomic E-state index is 0.123. The number of nitrogens with one attached hydrogen (secondary N) is 1. The van der Waals surface area contributed by atoms with Gasteiger partial charge in [0.15, 0.2) is 5.82 Å². The number of benzene rings is 1. The highest BCUT2D eigenvalue weighted by molar-refractivity contribution is 5.48. The summed E-state index contributed by atoms with van der Waals surface area (Å²) in [4.78, 5) is 4.33. The number of anilines is 1. The zero-order chi connectivity index (χ0) is 13.9. The molecule has 1 N–H and O–H groups in total. The highest BCUT2D eigenvalue weighted by Crippen LogP contribution is 2.19. The van der Waals surface area contributed by atoms with Gasteiger partial charge in [0.25, 0.3) is 0 Å². The van der Waals surface area contributed by atoms with Gasteiger partial charge in [0.2, 0.25) is 5.89 Å². The first-order valence-corrected chi connectivity index (χ1v) is 6.06. The highest BCUT2D eigenvalue weighted by Gasteiger charge is 2.20. The van der Waals surface area contributed by atoms with Gasteiger partial charge in [-0.25, -0.2) is 0 Å². The lowest BCUT2D eigenvalue weighted by Gasteiger charge is -2.10. The van der Waals surface area contributed by atoms with Crippen molar-refractivity contribution in [3.8, 4) is 6.07 Å². The molecule has 2 aromatic rings. The quantitative estimate of drug-likeness (QED) is 0.913. The zero-order valence-corrected chi connectivity index (χ0v) is 11.3. The van der Waals surface area contributed by atoms with E-state index in [9.17, 15) is 0 Å². The maximum Gasteiger partial charge on any atom is 0.245 e. The van der Waals surface area contributed by atoms with Crippen molar-refractivity contribution in [3.63, 3.8) is 0 Å². The Kier molecular flexibility index (Phi) is 3.52. The highest BCUT2D eigenvalue weighted by atomic mass is 16.5. The van der Waals surface area contributed by atoms with E-state index in [1.807, 2.05) is 32.9 Å². The second kappa shape index (κ2) is 5.11. The fourth-order valence-electron chi connectivity index (χ4n) is 1.51. The lowest BCUT2D eigenvalue weighted by Crippen LogP contribution is -2.13. The monoisotopic (exact) mass is 256 g/mol. The van der Waals surface area contributed by atoms with Crippen LogP contribution in [0.15, 0.2) is 28.8 Å². The molecule has 0 aliphatic heterocycles. The van der Waals surface area contributed by atoms with Crippen molar-refractivity contribution in [2.45, 2.75) is 32.7 Å². The van der Waals surface area contributed by atoms with Gasteiger partial charge in [-0.15, -0.1) is 0 Å². The molecule has 19 heavy (non-hydrogen) atoms. The van der Waals surface area contributed by atoms with Crippen LogP contribution >= 0.6 is 0 Å². The standard InChI is InChI=1S/C14H16N4O/c1-14(2,3)13-17-12(19-18-13)9-16-11-6-4-5-10(7-11)8-15/h4-7,16H,9H2,1-3H3. The molecule has 0 aliphatic rings. The van der Waals surface area contributed by atoms with Gasteiger partial charge < -0.3 is 9.84 Å². The first kappa shape index (κ1) is 13.1. The van der Waals surface area contributed by atoms with Crippen LogP contribution in [-0.4, -0.2) is 10.1 Å². The van der Waals surface area contributed by atoms with Crippen LogP contribution in [0, 0.1) is 11.3 Å². The Bertz CT molecular complexity index is 604. The molecule has 0 radical (unpaired) electrons. The largest absolute Gasteiger partial charge is 0.376 e. The third-order valence-corrected chi connectivity index (χ3v) is 2.57. The van der Waals surface area contributed by atoms with E-state index >= 15 is 0 Å². The van der Waals surface area contributed by atoms with Crippen molar-refractivity contribution in [3.05, 3.63) is 41.5 Å². The second-order valence-electron chi connectivity index (χ2n) is 5.31. The molecule has 2 rings (SSSR count). The summed E-state index contributed by atoms with van der Waals surface area (Å²) in [5, 5.41) is 15.9. The Labute approximate surface area is 112 Å². The smallest absolute Gasteiger partial charge is 0.245 e. The summed E-state index contributed by atoms with van der Waals surface area (Å²) in [6.07, 6.45) is 0. The molecule has 0 saturated carbocycles. The third kappa shape index (κ3) is 3.32. The maximum atomic E-state index is 8.82. The van der Waals surface area contributed by atoms with E-state index in [0.29, 0.717) is 23.8 Å². The van der Waals surface area contributed by atoms with Crippen molar-refractivity contribution < 1.29 is 4.52 Å². The normalized spacial score (nSPS) is 11.1. The molecule has 0 atom stereocenters. The lowest BCUT2D eigenvalue weighted by atomic mass is 9.96. The number of nitrogens with zero attached hydrogens (tertiary/aromatic N) is 3. The molecular formula is C14H16N4O. The van der Waals surface area contributed by atoms with Crippen LogP contribution in [0.25, 0.3) is 0 Å². The summed E-state index contributed by atoms with van der Waals surface area (Å²) in [6, 6.07) is 9.36. The summed E-state index contributed by atoms with van der Waals surface area (Å²) in [7, 11) is 0. The molecule has 0 bridgehead atoms. The number of nitriles is 1. The van der Waals surface area contributed by atoms with Crippen molar-refractivity contribution in [2.75, 3.05) is 5.32 Å². The molecule has 0 saturated heterocycles. The van der Waals surface area contributed by atoms with Gasteiger partial charge in [-0.05, 0) is 18.2 Å². The Balaban J connectivity index is 2.03. The van der Waals surface area contributed by atoms with Crippen LogP contribution in [0.1, 0.15) is 38.0 Å². The van der Waals surface area contributed by atoms with Crippen LogP contribution in [0.2, 0.25) is 0 Å². The average Bonchev–Trinajstić information content (AvgIpc) is 2.85. The average molecular weight is 256 g/mol. The fourth-order valence-corrected chi connectivity index (χ4v) is 1.51. The molecule has 5 nitrogen and oxygen atoms in total. The predicted octanol–water partition coefficient (Wildman–Crippen LogP) is 2.85. The first-order valence-electron chi connectivity index (χ1n) is 6.06. The van der Waals surface area contributed by atoms with Crippen molar-refractivity contribution in [1.82, 2.24) is 10.1 Å². The Morgan fingerprint density at radius 3 is 2.79 bits per heavy atom. The van der Waals surface area contributed by atoms with Crippen molar-refractivity contribution in [2.24, 2.45) is 0 Å². The molecule has 1 aromatic heterocycles. The Morgan fingerprint density at radius 2 is 2.16 bits per heavy atom. The topological polar surface area (TPSA) is 74.7 Å². The summed E-state index contributed by atoms with van der Waals surface area (Å²) in [5.41, 5.74) is 1.35. The van der Waals surface area contributed by atoms with E-state index in [0.717, 1.165) is 5.69 Å². The molecule has 0 unspecified atom stereocenters. The summed E-state index contributed by atoms with van der Waals surface area (Å²) in [6.45, 7) is 6.54. The fraction of sp³-hybridized carbons (Fsp3) is 0.357. The minimum Gasteiger partial charge on any atom is -0.376 e. The SMILES string of the molecule is CC(C)(C)c1noc(CNc2cccc(C#N)c2)n1. The molecule has 98 valence electrons. The van der Waals surface area contributed by atoms with Crippen LogP contribution in [0.3, 0.4) is 0 Å². The molecular weight excluding hydrogens is 240 g/mol. The molecule has 0 aliphatic carbocycles. The van der Waals surface area contributed by atoms with Crippen molar-refractivity contribution >= 4 is 5.69 Å². The predicted molar refractivity (Wildman–Crippen MR) is 71.5 cm³/mol. The van der Waals surface area contributed by atoms with Crippen LogP contribution in [0.5, 0.6) is 0 Å². The van der Waals surface area contributed by atoms with Gasteiger partial charge >= 0.3 is 0 Å². The van der Waals surface area contributed by atoms with Gasteiger partial charge in [0, 0.05) is 11.1 Å². The van der Waals surface area contributed by atoms with Crippen LogP contribution in [0.4, 0.5) is 5.69 Å². The van der Waals surface area contributed by atoms with Gasteiger partial charge in [0.1, 0.15) is 0 Å². The van der Waals surface area contributed by atoms with E-state index in [2.05, 4.69) is 21.5 Å².